The van der Waals surface area contributed by atoms with E-state index in [1.54, 1.807) is 0 Å². The molecule has 0 radical (unpaired) electrons. The van der Waals surface area contributed by atoms with Crippen LogP contribution in [0.15, 0.2) is 12.3 Å². The first kappa shape index (κ1) is 95.0. The maximum Gasteiger partial charge on any atom is 1.00 e. The van der Waals surface area contributed by atoms with Crippen molar-refractivity contribution >= 4 is 71.3 Å². The fraction of sp³-hybridized carbons (Fsp3) is 0.815. The number of carboxylic acids is 1. The topological polar surface area (TPSA) is 645 Å². The maximum absolute atomic E-state index is 14.7. The SMILES string of the molecule is C=C(CCCS)NCC(=O)CCCCC(=O)NCC(=O)C1OC(OC2C(O)C(CO)OC(OC3C(C(=O)CNC(=O)CCCCC(=O)CN)OC(OC4C(O)C(CO)OC(OC5C(C(=O)[O-])OC(OC6C(O)C(CO)OC(C)C6NC(C)=O)C(O)C5O)C4NC(C)=O)C(O)C3O)C2NC(C)=O)C(O)C(O)C1OC.[Na+]. The van der Waals surface area contributed by atoms with Crippen LogP contribution in [-0.4, -0.2) is 363 Å². The quantitative estimate of drug-likeness (QED) is 0.0154. The molecule has 6 rings (SSSR count). The van der Waals surface area contributed by atoms with Crippen molar-refractivity contribution in [3.8, 4) is 0 Å². The van der Waals surface area contributed by atoms with Gasteiger partial charge in [0.05, 0.1) is 64.1 Å². The molecule has 6 saturated heterocycles. The van der Waals surface area contributed by atoms with Gasteiger partial charge in [-0.1, -0.05) is 6.58 Å². The number of Topliss-reactive ketones (excluding diaryl/α,β-unsaturated/α-hetero) is 4. The Labute approximate surface area is 653 Å². The number of aliphatic hydroxyl groups is 12. The molecule has 0 aliphatic carbocycles. The number of allylic oxidation sites excluding steroid dienone is 1. The molecular formula is C65H104N7NaO35S. The number of rotatable bonds is 41. The van der Waals surface area contributed by atoms with Gasteiger partial charge in [0.25, 0.3) is 0 Å². The van der Waals surface area contributed by atoms with Crippen molar-refractivity contribution in [1.29, 1.82) is 0 Å². The molecule has 6 aliphatic rings. The van der Waals surface area contributed by atoms with Crippen molar-refractivity contribution in [1.82, 2.24) is 31.9 Å². The van der Waals surface area contributed by atoms with E-state index in [0.717, 1.165) is 34.3 Å². The van der Waals surface area contributed by atoms with E-state index in [2.05, 4.69) is 51.1 Å². The third kappa shape index (κ3) is 25.9. The van der Waals surface area contributed by atoms with E-state index in [4.69, 9.17) is 62.6 Å². The van der Waals surface area contributed by atoms with E-state index in [1.165, 1.54) is 6.92 Å². The van der Waals surface area contributed by atoms with Crippen LogP contribution in [0.3, 0.4) is 0 Å². The van der Waals surface area contributed by atoms with Gasteiger partial charge in [-0.05, 0) is 51.2 Å². The minimum Gasteiger partial charge on any atom is -0.547 e. The molecule has 44 heteroatoms. The summed E-state index contributed by atoms with van der Waals surface area (Å²) in [7, 11) is 1.05. The van der Waals surface area contributed by atoms with Crippen LogP contribution < -0.4 is 72.3 Å². The van der Waals surface area contributed by atoms with Crippen LogP contribution in [0.5, 0.6) is 0 Å². The van der Waals surface area contributed by atoms with Gasteiger partial charge in [0.2, 0.25) is 29.5 Å². The number of hydrogen-bond donors (Lipinski definition) is 20. The fourth-order valence-electron chi connectivity index (χ4n) is 13.0. The molecule has 30 unspecified atom stereocenters. The Balaban J connectivity index is 0.0000213. The first-order valence-corrected chi connectivity index (χ1v) is 35.8. The molecule has 20 N–H and O–H groups in total. The van der Waals surface area contributed by atoms with Gasteiger partial charge in [-0.2, -0.15) is 12.6 Å². The van der Waals surface area contributed by atoms with Gasteiger partial charge in [-0.25, -0.2) is 0 Å². The summed E-state index contributed by atoms with van der Waals surface area (Å²) >= 11 is 4.16. The minimum atomic E-state index is -2.54. The third-order valence-corrected chi connectivity index (χ3v) is 19.0. The predicted octanol–water partition coefficient (Wildman–Crippen LogP) is -14.8. The second-order valence-corrected chi connectivity index (χ2v) is 27.3. The Morgan fingerprint density at radius 3 is 1.19 bits per heavy atom. The van der Waals surface area contributed by atoms with E-state index in [0.29, 0.717) is 24.3 Å². The molecule has 0 bridgehead atoms. The molecule has 6 fully saturated rings. The van der Waals surface area contributed by atoms with Crippen LogP contribution in [0.1, 0.15) is 91.9 Å². The van der Waals surface area contributed by atoms with Gasteiger partial charge < -0.3 is 166 Å². The summed E-state index contributed by atoms with van der Waals surface area (Å²) in [4.78, 5) is 130. The number of carbonyl (C=O) groups excluding carboxylic acids is 10. The molecule has 0 spiro atoms. The number of aliphatic hydroxyl groups excluding tert-OH is 12. The van der Waals surface area contributed by atoms with Crippen molar-refractivity contribution in [2.45, 2.75) is 276 Å². The standard InChI is InChI=1S/C65H105N7O35S.Na/c1-25(12-11-17-108)67-19-31(80)14-8-10-16-38(84)68-20-32(81)51-56(96-6)45(88)48(91)63(100-51)103-54-40(71-28(4)77)61(98-35(23-74)43(54)86)105-57-46(89)49(92)64(101-52(57)33(82)21-69-37(83)15-9-7-13-30(79)18-66)104-55-41(72-29(5)78)62(99-36(24-75)44(55)87)106-58-47(90)50(93)65(107-59(58)60(94)95)102-53-39(70-27(3)76)26(2)97-34(22-73)42(53)85;/h26,34-36,39-59,61-65,67,73-75,85-93,108H,1,7-24,66H2,2-6H3,(H,68,84)(H,69,83)(H,70,76)(H,71,77)(H,72,78)(H,94,95);/q;+1/p-1. The molecule has 6 aliphatic heterocycles. The molecule has 6 heterocycles. The summed E-state index contributed by atoms with van der Waals surface area (Å²) < 4.78 is 70.3. The van der Waals surface area contributed by atoms with Crippen molar-refractivity contribution in [2.24, 2.45) is 5.73 Å². The zero-order valence-electron chi connectivity index (χ0n) is 61.0. The van der Waals surface area contributed by atoms with Crippen LogP contribution in [0.25, 0.3) is 0 Å². The summed E-state index contributed by atoms with van der Waals surface area (Å²) in [5.74, 6) is -8.19. The number of amides is 5. The second kappa shape index (κ2) is 45.5. The molecule has 616 valence electrons. The van der Waals surface area contributed by atoms with E-state index < -0.39 is 264 Å². The van der Waals surface area contributed by atoms with Crippen LogP contribution in [0, 0.1) is 0 Å². The average molecular weight is 1600 g/mol. The smallest absolute Gasteiger partial charge is 0.547 e. The number of methoxy groups -OCH3 is 1. The van der Waals surface area contributed by atoms with E-state index in [1.807, 2.05) is 0 Å². The van der Waals surface area contributed by atoms with Gasteiger partial charge >= 0.3 is 29.6 Å². The summed E-state index contributed by atoms with van der Waals surface area (Å²) in [5.41, 5.74) is 6.07. The number of nitrogens with two attached hydrogens (primary N) is 1. The molecule has 109 heavy (non-hydrogen) atoms. The largest absolute Gasteiger partial charge is 1.00 e. The number of ether oxygens (including phenoxy) is 12. The predicted molar refractivity (Wildman–Crippen MR) is 358 cm³/mol. The second-order valence-electron chi connectivity index (χ2n) is 26.9. The average Bonchev–Trinajstić information content (AvgIpc) is 0.762. The van der Waals surface area contributed by atoms with E-state index in [-0.39, 0.29) is 99.2 Å². The van der Waals surface area contributed by atoms with Gasteiger partial charge in [0, 0.05) is 59.3 Å². The van der Waals surface area contributed by atoms with Gasteiger partial charge in [-0.3, -0.25) is 43.2 Å². The normalized spacial score (nSPS) is 36.7. The first-order valence-electron chi connectivity index (χ1n) is 35.2. The Morgan fingerprint density at radius 1 is 0.440 bits per heavy atom. The Hall–Kier alpha value is -4.61. The number of ketones is 4. The fourth-order valence-corrected chi connectivity index (χ4v) is 13.2. The molecule has 0 aromatic carbocycles. The van der Waals surface area contributed by atoms with Gasteiger partial charge in [0.15, 0.2) is 48.8 Å². The molecule has 30 atom stereocenters. The van der Waals surface area contributed by atoms with Gasteiger partial charge in [0.1, 0.15) is 146 Å². The van der Waals surface area contributed by atoms with E-state index in [9.17, 15) is 114 Å². The van der Waals surface area contributed by atoms with Crippen molar-refractivity contribution in [3.63, 3.8) is 0 Å². The van der Waals surface area contributed by atoms with Crippen LogP contribution >= 0.6 is 12.6 Å². The molecule has 42 nitrogen and oxygen atoms in total. The van der Waals surface area contributed by atoms with Crippen molar-refractivity contribution in [2.75, 3.05) is 58.9 Å². The number of unbranched alkanes of at least 4 members (excludes halogenated alkanes) is 2. The first-order chi connectivity index (χ1) is 51.1. The molecule has 0 saturated carbocycles. The van der Waals surface area contributed by atoms with Crippen molar-refractivity contribution < 1.29 is 201 Å². The molecular weight excluding hydrogens is 1490 g/mol. The monoisotopic (exact) mass is 1600 g/mol. The number of thiol groups is 1. The Bertz CT molecular complexity index is 3020. The zero-order valence-corrected chi connectivity index (χ0v) is 63.9. The summed E-state index contributed by atoms with van der Waals surface area (Å²) in [5, 5.41) is 164. The summed E-state index contributed by atoms with van der Waals surface area (Å²) in [6.07, 6.45) is -54.7. The number of hydrogen-bond acceptors (Lipinski definition) is 38. The number of carboxylic acid groups (broad SMARTS) is 1. The summed E-state index contributed by atoms with van der Waals surface area (Å²) in [6.45, 7) is 3.14. The molecule has 0 aromatic rings. The third-order valence-electron chi connectivity index (χ3n) is 18.7. The number of aliphatic carboxylic acids is 1. The van der Waals surface area contributed by atoms with Gasteiger partial charge in [-0.15, -0.1) is 0 Å². The van der Waals surface area contributed by atoms with Crippen LogP contribution in [-0.2, 0) is 105 Å². The Kier molecular flexibility index (Phi) is 39.6. The van der Waals surface area contributed by atoms with Crippen LogP contribution in [0.2, 0.25) is 0 Å². The molecule has 5 amide bonds. The zero-order chi connectivity index (χ0) is 80.1. The molecule has 0 aromatic heterocycles. The summed E-state index contributed by atoms with van der Waals surface area (Å²) in [6, 6.07) is -5.27. The Morgan fingerprint density at radius 2 is 0.798 bits per heavy atom. The van der Waals surface area contributed by atoms with E-state index >= 15 is 0 Å². The number of carbonyl (C=O) groups is 10. The van der Waals surface area contributed by atoms with Crippen molar-refractivity contribution in [3.05, 3.63) is 12.3 Å². The minimum absolute atomic E-state index is 0. The van der Waals surface area contributed by atoms with Crippen LogP contribution in [0.4, 0.5) is 0 Å². The number of nitrogens with one attached hydrogen (secondary N) is 6. The maximum atomic E-state index is 14.7.